The van der Waals surface area contributed by atoms with Crippen LogP contribution in [-0.2, 0) is 11.3 Å². The predicted molar refractivity (Wildman–Crippen MR) is 79.2 cm³/mol. The summed E-state index contributed by atoms with van der Waals surface area (Å²) < 4.78 is 10.6. The van der Waals surface area contributed by atoms with Crippen molar-refractivity contribution >= 4 is 11.7 Å². The third-order valence-corrected chi connectivity index (χ3v) is 2.88. The maximum atomic E-state index is 11.6. The van der Waals surface area contributed by atoms with E-state index in [1.54, 1.807) is 37.3 Å². The molecule has 5 nitrogen and oxygen atoms in total. The number of hydrogen-bond acceptors (Lipinski definition) is 5. The first-order valence-electron chi connectivity index (χ1n) is 6.59. The molecule has 3 N–H and O–H groups in total. The summed E-state index contributed by atoms with van der Waals surface area (Å²) in [6.45, 7) is 1.92. The Hall–Kier alpha value is -2.53. The molecule has 2 rings (SSSR count). The number of esters is 1. The van der Waals surface area contributed by atoms with Crippen LogP contribution in [0.1, 0.15) is 22.8 Å². The number of ether oxygens (including phenoxy) is 2. The van der Waals surface area contributed by atoms with Crippen LogP contribution < -0.4 is 10.5 Å². The Bertz CT molecular complexity index is 640. The summed E-state index contributed by atoms with van der Waals surface area (Å²) in [6, 6.07) is 11.8. The van der Waals surface area contributed by atoms with Crippen LogP contribution >= 0.6 is 0 Å². The normalized spacial score (nSPS) is 10.2. The summed E-state index contributed by atoms with van der Waals surface area (Å²) in [7, 11) is 0. The fourth-order valence-corrected chi connectivity index (χ4v) is 1.84. The molecule has 0 heterocycles. The highest BCUT2D eigenvalue weighted by molar-refractivity contribution is 5.91. The van der Waals surface area contributed by atoms with E-state index in [9.17, 15) is 9.90 Å². The van der Waals surface area contributed by atoms with E-state index in [1.807, 2.05) is 6.07 Å². The molecule has 0 radical (unpaired) electrons. The molecule has 0 aromatic heterocycles. The second-order valence-electron chi connectivity index (χ2n) is 4.34. The quantitative estimate of drug-likeness (QED) is 0.652. The number of para-hydroxylation sites is 1. The van der Waals surface area contributed by atoms with Crippen LogP contribution in [0.3, 0.4) is 0 Å². The van der Waals surface area contributed by atoms with Crippen LogP contribution in [0.2, 0.25) is 0 Å². The van der Waals surface area contributed by atoms with Gasteiger partial charge in [-0.15, -0.1) is 0 Å². The molecular formula is C16H17NO4. The lowest BCUT2D eigenvalue weighted by atomic mass is 10.2. The molecule has 0 aliphatic carbocycles. The number of carbonyl (C=O) groups is 1. The minimum atomic E-state index is -0.425. The predicted octanol–water partition coefficient (Wildman–Crippen LogP) is 2.73. The molecule has 5 heteroatoms. The van der Waals surface area contributed by atoms with Gasteiger partial charge in [0.25, 0.3) is 0 Å². The fraction of sp³-hybridized carbons (Fsp3) is 0.188. The highest BCUT2D eigenvalue weighted by atomic mass is 16.5. The maximum Gasteiger partial charge on any atom is 0.338 e. The van der Waals surface area contributed by atoms with E-state index in [4.69, 9.17) is 15.2 Å². The van der Waals surface area contributed by atoms with Gasteiger partial charge in [-0.25, -0.2) is 4.79 Å². The third-order valence-electron chi connectivity index (χ3n) is 2.88. The number of aliphatic hydroxyl groups excluding tert-OH is 1. The number of benzene rings is 2. The van der Waals surface area contributed by atoms with Crippen molar-refractivity contribution in [3.05, 3.63) is 53.6 Å². The molecule has 0 aliphatic rings. The third kappa shape index (κ3) is 3.52. The van der Waals surface area contributed by atoms with Gasteiger partial charge in [0.05, 0.1) is 24.5 Å². The molecule has 0 atom stereocenters. The number of rotatable bonds is 5. The van der Waals surface area contributed by atoms with Gasteiger partial charge in [0.2, 0.25) is 0 Å². The Labute approximate surface area is 122 Å². The van der Waals surface area contributed by atoms with Crippen LogP contribution in [-0.4, -0.2) is 17.7 Å². The summed E-state index contributed by atoms with van der Waals surface area (Å²) in [5.41, 5.74) is 7.26. The van der Waals surface area contributed by atoms with Crippen LogP contribution in [0.25, 0.3) is 0 Å². The Balaban J connectivity index is 2.23. The first kappa shape index (κ1) is 14.9. The van der Waals surface area contributed by atoms with Crippen molar-refractivity contribution in [1.29, 1.82) is 0 Å². The van der Waals surface area contributed by atoms with Crippen LogP contribution in [0, 0.1) is 0 Å². The van der Waals surface area contributed by atoms with Gasteiger partial charge in [0.15, 0.2) is 0 Å². The molecule has 0 saturated heterocycles. The average molecular weight is 287 g/mol. The van der Waals surface area contributed by atoms with E-state index >= 15 is 0 Å². The Morgan fingerprint density at radius 3 is 2.62 bits per heavy atom. The average Bonchev–Trinajstić information content (AvgIpc) is 2.50. The SMILES string of the molecule is CCOC(=O)c1ccc(Oc2ccccc2CO)c(N)c1. The van der Waals surface area contributed by atoms with Gasteiger partial charge in [-0.05, 0) is 31.2 Å². The van der Waals surface area contributed by atoms with E-state index in [2.05, 4.69) is 0 Å². The standard InChI is InChI=1S/C16H17NO4/c1-2-20-16(19)11-7-8-15(13(17)9-11)21-14-6-4-3-5-12(14)10-18/h3-9,18H,2,10,17H2,1H3. The van der Waals surface area contributed by atoms with Gasteiger partial charge in [-0.3, -0.25) is 0 Å². The Kier molecular flexibility index (Phi) is 4.79. The fourth-order valence-electron chi connectivity index (χ4n) is 1.84. The minimum Gasteiger partial charge on any atom is -0.462 e. The first-order valence-corrected chi connectivity index (χ1v) is 6.59. The summed E-state index contributed by atoms with van der Waals surface area (Å²) in [5, 5.41) is 9.27. The van der Waals surface area contributed by atoms with Crippen molar-refractivity contribution in [2.45, 2.75) is 13.5 Å². The molecule has 2 aromatic carbocycles. The smallest absolute Gasteiger partial charge is 0.338 e. The number of carbonyl (C=O) groups excluding carboxylic acids is 1. The van der Waals surface area contributed by atoms with Crippen LogP contribution in [0.4, 0.5) is 5.69 Å². The van der Waals surface area contributed by atoms with E-state index in [0.717, 1.165) is 0 Å². The van der Waals surface area contributed by atoms with Gasteiger partial charge in [0.1, 0.15) is 11.5 Å². The van der Waals surface area contributed by atoms with E-state index in [-0.39, 0.29) is 6.61 Å². The number of hydrogen-bond donors (Lipinski definition) is 2. The van der Waals surface area contributed by atoms with Gasteiger partial charge in [0, 0.05) is 5.56 Å². The van der Waals surface area contributed by atoms with Crippen molar-refractivity contribution in [3.63, 3.8) is 0 Å². The molecule has 0 spiro atoms. The topological polar surface area (TPSA) is 81.8 Å². The van der Waals surface area contributed by atoms with E-state index < -0.39 is 5.97 Å². The second kappa shape index (κ2) is 6.76. The monoisotopic (exact) mass is 287 g/mol. The summed E-state index contributed by atoms with van der Waals surface area (Å²) >= 11 is 0. The molecule has 0 bridgehead atoms. The van der Waals surface area contributed by atoms with Crippen LogP contribution in [0.5, 0.6) is 11.5 Å². The highest BCUT2D eigenvalue weighted by Gasteiger charge is 2.11. The largest absolute Gasteiger partial charge is 0.462 e. The summed E-state index contributed by atoms with van der Waals surface area (Å²) in [6.07, 6.45) is 0. The number of aliphatic hydroxyl groups is 1. The maximum absolute atomic E-state index is 11.6. The number of nitrogen functional groups attached to an aromatic ring is 1. The van der Waals surface area contributed by atoms with E-state index in [0.29, 0.717) is 34.9 Å². The van der Waals surface area contributed by atoms with Gasteiger partial charge < -0.3 is 20.3 Å². The molecule has 21 heavy (non-hydrogen) atoms. The van der Waals surface area contributed by atoms with Crippen molar-refractivity contribution in [2.24, 2.45) is 0 Å². The lowest BCUT2D eigenvalue weighted by molar-refractivity contribution is 0.0526. The summed E-state index contributed by atoms with van der Waals surface area (Å²) in [5.74, 6) is 0.519. The molecule has 110 valence electrons. The number of anilines is 1. The second-order valence-corrected chi connectivity index (χ2v) is 4.34. The van der Waals surface area contributed by atoms with Crippen LogP contribution in [0.15, 0.2) is 42.5 Å². The van der Waals surface area contributed by atoms with Crippen molar-refractivity contribution in [3.8, 4) is 11.5 Å². The van der Waals surface area contributed by atoms with Crippen molar-refractivity contribution in [2.75, 3.05) is 12.3 Å². The number of nitrogens with two attached hydrogens (primary N) is 1. The Morgan fingerprint density at radius 1 is 1.19 bits per heavy atom. The zero-order chi connectivity index (χ0) is 15.2. The molecule has 0 unspecified atom stereocenters. The van der Waals surface area contributed by atoms with E-state index in [1.165, 1.54) is 6.07 Å². The zero-order valence-electron chi connectivity index (χ0n) is 11.7. The molecule has 0 amide bonds. The first-order chi connectivity index (χ1) is 10.2. The molecule has 0 saturated carbocycles. The zero-order valence-corrected chi connectivity index (χ0v) is 11.7. The Morgan fingerprint density at radius 2 is 1.95 bits per heavy atom. The van der Waals surface area contributed by atoms with Crippen molar-refractivity contribution < 1.29 is 19.4 Å². The highest BCUT2D eigenvalue weighted by Crippen LogP contribution is 2.30. The summed E-state index contributed by atoms with van der Waals surface area (Å²) in [4.78, 5) is 11.6. The molecule has 0 aliphatic heterocycles. The molecule has 0 fully saturated rings. The van der Waals surface area contributed by atoms with Gasteiger partial charge in [-0.1, -0.05) is 18.2 Å². The molecular weight excluding hydrogens is 270 g/mol. The lowest BCUT2D eigenvalue weighted by Crippen LogP contribution is -2.05. The lowest BCUT2D eigenvalue weighted by Gasteiger charge is -2.12. The minimum absolute atomic E-state index is 0.128. The van der Waals surface area contributed by atoms with Gasteiger partial charge in [-0.2, -0.15) is 0 Å². The van der Waals surface area contributed by atoms with Gasteiger partial charge >= 0.3 is 5.97 Å². The molecule has 2 aromatic rings. The van der Waals surface area contributed by atoms with Crippen molar-refractivity contribution in [1.82, 2.24) is 0 Å².